The maximum atomic E-state index is 13.8. The predicted octanol–water partition coefficient (Wildman–Crippen LogP) is 8.20. The Morgan fingerprint density at radius 1 is 0.854 bits per heavy atom. The summed E-state index contributed by atoms with van der Waals surface area (Å²) in [7, 11) is 1.55. The number of methoxy groups -OCH3 is 1. The third kappa shape index (κ3) is 6.27. The van der Waals surface area contributed by atoms with Crippen molar-refractivity contribution >= 4 is 56.5 Å². The number of anilines is 1. The molecular weight excluding hydrogens is 643 g/mol. The lowest BCUT2D eigenvalue weighted by atomic mass is 9.95. The number of benzene rings is 5. The molecule has 6 aromatic rings. The minimum absolute atomic E-state index is 0.0504. The highest BCUT2D eigenvalue weighted by Crippen LogP contribution is 2.45. The van der Waals surface area contributed by atoms with E-state index in [2.05, 4.69) is 34.5 Å². The van der Waals surface area contributed by atoms with E-state index in [1.807, 2.05) is 54.6 Å². The summed E-state index contributed by atoms with van der Waals surface area (Å²) in [5.74, 6) is -0.119. The Labute approximate surface area is 285 Å². The third-order valence-electron chi connectivity index (χ3n) is 8.06. The second kappa shape index (κ2) is 13.7. The van der Waals surface area contributed by atoms with Crippen molar-refractivity contribution in [1.82, 2.24) is 10.2 Å². The van der Waals surface area contributed by atoms with Crippen LogP contribution in [0.1, 0.15) is 28.3 Å². The second-order valence-electron chi connectivity index (χ2n) is 11.0. The minimum atomic E-state index is -0.976. The number of amides is 1. The number of thioether (sulfide) groups is 1. The zero-order valence-corrected chi connectivity index (χ0v) is 27.4. The van der Waals surface area contributed by atoms with Gasteiger partial charge in [-0.1, -0.05) is 108 Å². The summed E-state index contributed by atoms with van der Waals surface area (Å²) >= 11 is 2.74. The zero-order valence-electron chi connectivity index (χ0n) is 25.8. The fourth-order valence-electron chi connectivity index (χ4n) is 5.68. The van der Waals surface area contributed by atoms with Gasteiger partial charge in [-0.05, 0) is 63.9 Å². The fourth-order valence-corrected chi connectivity index (χ4v) is 7.55. The van der Waals surface area contributed by atoms with Crippen molar-refractivity contribution in [3.8, 4) is 11.5 Å². The van der Waals surface area contributed by atoms with Crippen LogP contribution in [0.15, 0.2) is 131 Å². The van der Waals surface area contributed by atoms with E-state index < -0.39 is 17.7 Å². The topological polar surface area (TPSA) is 102 Å². The number of rotatable bonds is 10. The van der Waals surface area contributed by atoms with E-state index in [1.54, 1.807) is 49.6 Å². The molecule has 1 fully saturated rings. The Morgan fingerprint density at radius 3 is 2.42 bits per heavy atom. The Balaban J connectivity index is 1.24. The summed E-state index contributed by atoms with van der Waals surface area (Å²) in [5, 5.41) is 22.9. The molecular formula is C38H29N3O5S2. The molecule has 8 nitrogen and oxygen atoms in total. The number of ketones is 1. The van der Waals surface area contributed by atoms with Crippen LogP contribution >= 0.6 is 23.1 Å². The normalized spacial score (nSPS) is 15.6. The van der Waals surface area contributed by atoms with E-state index in [1.165, 1.54) is 28.0 Å². The molecule has 1 aromatic heterocycles. The SMILES string of the molecule is COc1ccc(C(O)=C2C(=O)C(=O)N(c3nnc(SCc4cccc5ccccc45)s3)C2c2cccc(OCc3ccccc3)c2)cc1. The molecule has 1 atom stereocenters. The van der Waals surface area contributed by atoms with Gasteiger partial charge in [0.1, 0.15) is 23.9 Å². The molecule has 1 aliphatic heterocycles. The number of nitrogens with zero attached hydrogens (tertiary/aromatic N) is 3. The van der Waals surface area contributed by atoms with Crippen molar-refractivity contribution in [2.24, 2.45) is 0 Å². The number of aliphatic hydroxyl groups is 1. The molecule has 1 aliphatic rings. The largest absolute Gasteiger partial charge is 0.507 e. The van der Waals surface area contributed by atoms with Gasteiger partial charge in [0, 0.05) is 11.3 Å². The van der Waals surface area contributed by atoms with Gasteiger partial charge in [-0.3, -0.25) is 14.5 Å². The Kier molecular flexibility index (Phi) is 8.91. The maximum Gasteiger partial charge on any atom is 0.301 e. The van der Waals surface area contributed by atoms with E-state index in [0.29, 0.717) is 39.3 Å². The van der Waals surface area contributed by atoms with E-state index in [9.17, 15) is 14.7 Å². The molecule has 10 heteroatoms. The van der Waals surface area contributed by atoms with E-state index in [-0.39, 0.29) is 16.5 Å². The first-order valence-corrected chi connectivity index (χ1v) is 17.0. The number of hydrogen-bond acceptors (Lipinski definition) is 9. The summed E-state index contributed by atoms with van der Waals surface area (Å²) in [4.78, 5) is 28.8. The highest BCUT2D eigenvalue weighted by atomic mass is 32.2. The minimum Gasteiger partial charge on any atom is -0.507 e. The molecule has 7 rings (SSSR count). The number of aromatic nitrogens is 2. The first-order chi connectivity index (χ1) is 23.5. The Morgan fingerprint density at radius 2 is 1.60 bits per heavy atom. The van der Waals surface area contributed by atoms with Crippen LogP contribution in [0, 0.1) is 0 Å². The smallest absolute Gasteiger partial charge is 0.301 e. The molecule has 1 amide bonds. The Hall–Kier alpha value is -5.45. The predicted molar refractivity (Wildman–Crippen MR) is 188 cm³/mol. The number of carbonyl (C=O) groups is 2. The number of carbonyl (C=O) groups excluding carboxylic acids is 2. The molecule has 48 heavy (non-hydrogen) atoms. The number of ether oxygens (including phenoxy) is 2. The van der Waals surface area contributed by atoms with Gasteiger partial charge in [0.25, 0.3) is 5.78 Å². The van der Waals surface area contributed by atoms with Gasteiger partial charge in [0.2, 0.25) is 5.13 Å². The lowest BCUT2D eigenvalue weighted by Crippen LogP contribution is -2.29. The second-order valence-corrected chi connectivity index (χ2v) is 13.2. The van der Waals surface area contributed by atoms with Crippen LogP contribution in [-0.4, -0.2) is 34.1 Å². The first kappa shape index (κ1) is 31.2. The quantitative estimate of drug-likeness (QED) is 0.0512. The number of hydrogen-bond donors (Lipinski definition) is 1. The van der Waals surface area contributed by atoms with Gasteiger partial charge in [-0.25, -0.2) is 0 Å². The molecule has 238 valence electrons. The van der Waals surface area contributed by atoms with Crippen molar-refractivity contribution in [2.75, 3.05) is 12.0 Å². The summed E-state index contributed by atoms with van der Waals surface area (Å²) in [5.41, 5.74) is 3.05. The van der Waals surface area contributed by atoms with Gasteiger partial charge >= 0.3 is 5.91 Å². The molecule has 0 aliphatic carbocycles. The van der Waals surface area contributed by atoms with Crippen molar-refractivity contribution in [3.05, 3.63) is 149 Å². The van der Waals surface area contributed by atoms with E-state index >= 15 is 0 Å². The lowest BCUT2D eigenvalue weighted by molar-refractivity contribution is -0.132. The molecule has 1 unspecified atom stereocenters. The molecule has 0 radical (unpaired) electrons. The van der Waals surface area contributed by atoms with Crippen molar-refractivity contribution in [3.63, 3.8) is 0 Å². The molecule has 0 spiro atoms. The molecule has 0 saturated carbocycles. The monoisotopic (exact) mass is 671 g/mol. The van der Waals surface area contributed by atoms with Crippen LogP contribution in [-0.2, 0) is 21.9 Å². The standard InChI is InChI=1S/C38H29N3O5S2/c1-45-29-19-17-26(18-20-29)34(42)32-33(27-13-8-15-30(21-27)46-22-24-9-3-2-4-10-24)41(36(44)35(32)43)37-39-40-38(48-37)47-23-28-14-7-12-25-11-5-6-16-31(25)28/h2-21,33,42H,22-23H2,1H3. The zero-order chi connectivity index (χ0) is 33.0. The Bertz CT molecular complexity index is 2140. The molecule has 2 heterocycles. The van der Waals surface area contributed by atoms with Crippen LogP contribution < -0.4 is 14.4 Å². The summed E-state index contributed by atoms with van der Waals surface area (Å²) in [6.07, 6.45) is 0. The molecule has 1 saturated heterocycles. The molecule has 0 bridgehead atoms. The third-order valence-corrected chi connectivity index (χ3v) is 10.2. The van der Waals surface area contributed by atoms with Crippen LogP contribution in [0.4, 0.5) is 5.13 Å². The van der Waals surface area contributed by atoms with Crippen LogP contribution in [0.25, 0.3) is 16.5 Å². The number of Topliss-reactive ketones (excluding diaryl/α,β-unsaturated/α-hetero) is 1. The van der Waals surface area contributed by atoms with Crippen LogP contribution in [0.5, 0.6) is 11.5 Å². The highest BCUT2D eigenvalue weighted by Gasteiger charge is 2.48. The first-order valence-electron chi connectivity index (χ1n) is 15.1. The average molecular weight is 672 g/mol. The van der Waals surface area contributed by atoms with Crippen molar-refractivity contribution < 1.29 is 24.2 Å². The summed E-state index contributed by atoms with van der Waals surface area (Å²) in [6, 6.07) is 37.1. The maximum absolute atomic E-state index is 13.8. The van der Waals surface area contributed by atoms with Gasteiger partial charge < -0.3 is 14.6 Å². The van der Waals surface area contributed by atoms with Crippen molar-refractivity contribution in [1.29, 1.82) is 0 Å². The number of fused-ring (bicyclic) bond motifs is 1. The van der Waals surface area contributed by atoms with E-state index in [4.69, 9.17) is 9.47 Å². The molecule has 5 aromatic carbocycles. The van der Waals surface area contributed by atoms with Gasteiger partial charge in [-0.15, -0.1) is 10.2 Å². The van der Waals surface area contributed by atoms with Crippen LogP contribution in [0.2, 0.25) is 0 Å². The molecule has 1 N–H and O–H groups in total. The number of aliphatic hydroxyl groups excluding tert-OH is 1. The van der Waals surface area contributed by atoms with Gasteiger partial charge in [-0.2, -0.15) is 0 Å². The van der Waals surface area contributed by atoms with Crippen molar-refractivity contribution in [2.45, 2.75) is 22.7 Å². The van der Waals surface area contributed by atoms with Gasteiger partial charge in [0.05, 0.1) is 18.7 Å². The highest BCUT2D eigenvalue weighted by molar-refractivity contribution is 8.00. The van der Waals surface area contributed by atoms with Crippen LogP contribution in [0.3, 0.4) is 0 Å². The fraction of sp³-hybridized carbons (Fsp3) is 0.105. The van der Waals surface area contributed by atoms with E-state index in [0.717, 1.165) is 21.9 Å². The summed E-state index contributed by atoms with van der Waals surface area (Å²) in [6.45, 7) is 0.337. The van der Waals surface area contributed by atoms with Gasteiger partial charge in [0.15, 0.2) is 4.34 Å². The lowest BCUT2D eigenvalue weighted by Gasteiger charge is -2.23. The average Bonchev–Trinajstić information content (AvgIpc) is 3.71. The summed E-state index contributed by atoms with van der Waals surface area (Å²) < 4.78 is 12.0.